The van der Waals surface area contributed by atoms with E-state index >= 15 is 0 Å². The topological polar surface area (TPSA) is 59.9 Å². The summed E-state index contributed by atoms with van der Waals surface area (Å²) < 4.78 is 5.41. The molecule has 0 bridgehead atoms. The van der Waals surface area contributed by atoms with Crippen LogP contribution in [0.15, 0.2) is 42.7 Å². The Balaban J connectivity index is 1.98. The number of rotatable bonds is 4. The van der Waals surface area contributed by atoms with E-state index in [-0.39, 0.29) is 0 Å². The second-order valence-corrected chi connectivity index (χ2v) is 4.62. The Morgan fingerprint density at radius 1 is 1.10 bits per heavy atom. The SMILES string of the molecule is CNc1ncnc(Cc2ccc3ccccc3n2)c1OC. The highest BCUT2D eigenvalue weighted by Gasteiger charge is 2.12. The molecule has 3 aromatic rings. The zero-order valence-corrected chi connectivity index (χ0v) is 12.0. The van der Waals surface area contributed by atoms with Gasteiger partial charge in [-0.05, 0) is 12.1 Å². The van der Waals surface area contributed by atoms with Crippen LogP contribution in [-0.2, 0) is 6.42 Å². The number of hydrogen-bond donors (Lipinski definition) is 1. The maximum atomic E-state index is 5.41. The van der Waals surface area contributed by atoms with E-state index in [9.17, 15) is 0 Å². The minimum atomic E-state index is 0.602. The molecule has 21 heavy (non-hydrogen) atoms. The van der Waals surface area contributed by atoms with Crippen LogP contribution in [0, 0.1) is 0 Å². The Labute approximate surface area is 123 Å². The molecule has 5 nitrogen and oxygen atoms in total. The van der Waals surface area contributed by atoms with Gasteiger partial charge < -0.3 is 10.1 Å². The first-order valence-corrected chi connectivity index (χ1v) is 6.72. The van der Waals surface area contributed by atoms with Gasteiger partial charge in [-0.1, -0.05) is 24.3 Å². The fourth-order valence-electron chi connectivity index (χ4n) is 2.31. The zero-order valence-electron chi connectivity index (χ0n) is 12.0. The number of benzene rings is 1. The average molecular weight is 280 g/mol. The number of nitrogens with one attached hydrogen (secondary N) is 1. The van der Waals surface area contributed by atoms with Gasteiger partial charge in [-0.15, -0.1) is 0 Å². The second-order valence-electron chi connectivity index (χ2n) is 4.62. The number of hydrogen-bond acceptors (Lipinski definition) is 5. The smallest absolute Gasteiger partial charge is 0.183 e. The van der Waals surface area contributed by atoms with Crippen LogP contribution >= 0.6 is 0 Å². The van der Waals surface area contributed by atoms with Gasteiger partial charge in [0.1, 0.15) is 6.33 Å². The Bertz CT molecular complexity index is 773. The summed E-state index contributed by atoms with van der Waals surface area (Å²) in [7, 11) is 3.43. The lowest BCUT2D eigenvalue weighted by atomic mass is 10.1. The standard InChI is InChI=1S/C16H16N4O/c1-17-16-15(21-2)14(18-10-19-16)9-12-8-7-11-5-3-4-6-13(11)20-12/h3-8,10H,9H2,1-2H3,(H,17,18,19). The first-order valence-electron chi connectivity index (χ1n) is 6.72. The predicted octanol–water partition coefficient (Wildman–Crippen LogP) is 2.67. The molecule has 5 heteroatoms. The van der Waals surface area contributed by atoms with Crippen molar-refractivity contribution >= 4 is 16.7 Å². The molecule has 0 aliphatic carbocycles. The normalized spacial score (nSPS) is 10.6. The van der Waals surface area contributed by atoms with Gasteiger partial charge in [0, 0.05) is 24.5 Å². The van der Waals surface area contributed by atoms with E-state index in [1.165, 1.54) is 6.33 Å². The third-order valence-corrected chi connectivity index (χ3v) is 3.32. The van der Waals surface area contributed by atoms with Gasteiger partial charge in [0.2, 0.25) is 0 Å². The van der Waals surface area contributed by atoms with Gasteiger partial charge in [-0.3, -0.25) is 4.98 Å². The number of pyridine rings is 1. The van der Waals surface area contributed by atoms with Crippen LogP contribution in [0.2, 0.25) is 0 Å². The van der Waals surface area contributed by atoms with E-state index in [4.69, 9.17) is 4.74 Å². The van der Waals surface area contributed by atoms with E-state index in [2.05, 4.69) is 32.4 Å². The molecule has 0 spiro atoms. The minimum Gasteiger partial charge on any atom is -0.491 e. The highest BCUT2D eigenvalue weighted by Crippen LogP contribution is 2.26. The van der Waals surface area contributed by atoms with E-state index in [1.807, 2.05) is 31.3 Å². The number of anilines is 1. The molecule has 0 radical (unpaired) electrons. The summed E-state index contributed by atoms with van der Waals surface area (Å²) in [6.07, 6.45) is 2.13. The van der Waals surface area contributed by atoms with Crippen LogP contribution in [-0.4, -0.2) is 29.1 Å². The highest BCUT2D eigenvalue weighted by atomic mass is 16.5. The van der Waals surface area contributed by atoms with Gasteiger partial charge >= 0.3 is 0 Å². The Hall–Kier alpha value is -2.69. The van der Waals surface area contributed by atoms with E-state index < -0.39 is 0 Å². The number of fused-ring (bicyclic) bond motifs is 1. The fourth-order valence-corrected chi connectivity index (χ4v) is 2.31. The number of methoxy groups -OCH3 is 1. The lowest BCUT2D eigenvalue weighted by Crippen LogP contribution is -2.04. The first kappa shape index (κ1) is 13.3. The number of para-hydroxylation sites is 1. The van der Waals surface area contributed by atoms with Crippen LogP contribution in [0.25, 0.3) is 10.9 Å². The number of aromatic nitrogens is 3. The number of ether oxygens (including phenoxy) is 1. The predicted molar refractivity (Wildman–Crippen MR) is 82.7 cm³/mol. The minimum absolute atomic E-state index is 0.602. The van der Waals surface area contributed by atoms with E-state index in [1.54, 1.807) is 7.11 Å². The Morgan fingerprint density at radius 3 is 2.76 bits per heavy atom. The molecule has 2 aromatic heterocycles. The van der Waals surface area contributed by atoms with Crippen molar-refractivity contribution in [2.45, 2.75) is 6.42 Å². The Morgan fingerprint density at radius 2 is 1.95 bits per heavy atom. The van der Waals surface area contributed by atoms with Crippen molar-refractivity contribution < 1.29 is 4.74 Å². The summed E-state index contributed by atoms with van der Waals surface area (Å²) >= 11 is 0. The van der Waals surface area contributed by atoms with Crippen LogP contribution in [0.1, 0.15) is 11.4 Å². The molecule has 0 saturated carbocycles. The fraction of sp³-hybridized carbons (Fsp3) is 0.188. The molecule has 0 aliphatic heterocycles. The Kier molecular flexibility index (Phi) is 3.64. The number of nitrogens with zero attached hydrogens (tertiary/aromatic N) is 3. The van der Waals surface area contributed by atoms with Crippen molar-refractivity contribution in [3.63, 3.8) is 0 Å². The van der Waals surface area contributed by atoms with Crippen molar-refractivity contribution in [2.24, 2.45) is 0 Å². The lowest BCUT2D eigenvalue weighted by Gasteiger charge is -2.11. The molecule has 0 unspecified atom stereocenters. The molecule has 106 valence electrons. The van der Waals surface area contributed by atoms with Crippen molar-refractivity contribution in [3.8, 4) is 5.75 Å². The maximum absolute atomic E-state index is 5.41. The molecule has 0 saturated heterocycles. The maximum Gasteiger partial charge on any atom is 0.183 e. The summed E-state index contributed by atoms with van der Waals surface area (Å²) in [5.74, 6) is 1.35. The largest absolute Gasteiger partial charge is 0.491 e. The van der Waals surface area contributed by atoms with Gasteiger partial charge in [-0.25, -0.2) is 9.97 Å². The molecule has 0 amide bonds. The van der Waals surface area contributed by atoms with Crippen LogP contribution in [0.3, 0.4) is 0 Å². The summed E-state index contributed by atoms with van der Waals surface area (Å²) in [6, 6.07) is 12.2. The van der Waals surface area contributed by atoms with Gasteiger partial charge in [0.15, 0.2) is 11.6 Å². The van der Waals surface area contributed by atoms with Gasteiger partial charge in [0.05, 0.1) is 18.3 Å². The highest BCUT2D eigenvalue weighted by molar-refractivity contribution is 5.78. The van der Waals surface area contributed by atoms with E-state index in [0.717, 1.165) is 22.3 Å². The quantitative estimate of drug-likeness (QED) is 0.796. The van der Waals surface area contributed by atoms with Crippen molar-refractivity contribution in [1.29, 1.82) is 0 Å². The molecule has 1 aromatic carbocycles. The van der Waals surface area contributed by atoms with Gasteiger partial charge in [-0.2, -0.15) is 0 Å². The molecule has 3 rings (SSSR count). The van der Waals surface area contributed by atoms with Crippen LogP contribution in [0.5, 0.6) is 5.75 Å². The molecule has 0 aliphatic rings. The van der Waals surface area contributed by atoms with Crippen molar-refractivity contribution in [1.82, 2.24) is 15.0 Å². The lowest BCUT2D eigenvalue weighted by molar-refractivity contribution is 0.407. The molecular formula is C16H16N4O. The van der Waals surface area contributed by atoms with E-state index in [0.29, 0.717) is 18.0 Å². The third-order valence-electron chi connectivity index (χ3n) is 3.32. The van der Waals surface area contributed by atoms with Crippen molar-refractivity contribution in [2.75, 3.05) is 19.5 Å². The summed E-state index contributed by atoms with van der Waals surface area (Å²) in [4.78, 5) is 13.1. The zero-order chi connectivity index (χ0) is 14.7. The average Bonchev–Trinajstić information content (AvgIpc) is 2.54. The van der Waals surface area contributed by atoms with Crippen molar-refractivity contribution in [3.05, 3.63) is 54.1 Å². The second kappa shape index (κ2) is 5.75. The van der Waals surface area contributed by atoms with Crippen LogP contribution < -0.4 is 10.1 Å². The molecule has 1 N–H and O–H groups in total. The molecule has 0 atom stereocenters. The third kappa shape index (κ3) is 2.63. The van der Waals surface area contributed by atoms with Gasteiger partial charge in [0.25, 0.3) is 0 Å². The summed E-state index contributed by atoms with van der Waals surface area (Å²) in [5.41, 5.74) is 2.75. The molecule has 2 heterocycles. The molecular weight excluding hydrogens is 264 g/mol. The first-order chi connectivity index (χ1) is 10.3. The summed E-state index contributed by atoms with van der Waals surface area (Å²) in [6.45, 7) is 0. The molecule has 0 fully saturated rings. The summed E-state index contributed by atoms with van der Waals surface area (Å²) in [5, 5.41) is 4.14. The van der Waals surface area contributed by atoms with Crippen LogP contribution in [0.4, 0.5) is 5.82 Å². The monoisotopic (exact) mass is 280 g/mol.